The predicted octanol–water partition coefficient (Wildman–Crippen LogP) is 4.85. The number of ether oxygens (including phenoxy) is 1. The van der Waals surface area contributed by atoms with Gasteiger partial charge in [0.25, 0.3) is 0 Å². The number of nitrogens with zero attached hydrogens (tertiary/aromatic N) is 1. The van der Waals surface area contributed by atoms with Crippen LogP contribution >= 0.6 is 11.3 Å². The first kappa shape index (κ1) is 20.5. The van der Waals surface area contributed by atoms with Crippen LogP contribution in [0.2, 0.25) is 0 Å². The van der Waals surface area contributed by atoms with Crippen molar-refractivity contribution in [1.29, 1.82) is 0 Å². The molecule has 0 bridgehead atoms. The van der Waals surface area contributed by atoms with Gasteiger partial charge in [-0.2, -0.15) is 0 Å². The molecule has 2 N–H and O–H groups in total. The van der Waals surface area contributed by atoms with Gasteiger partial charge in [-0.15, -0.1) is 0 Å². The molecule has 0 aliphatic heterocycles. The number of aromatic nitrogens is 1. The van der Waals surface area contributed by atoms with Gasteiger partial charge in [0.1, 0.15) is 17.2 Å². The van der Waals surface area contributed by atoms with Crippen LogP contribution in [0.1, 0.15) is 16.1 Å². The van der Waals surface area contributed by atoms with E-state index in [1.165, 1.54) is 30.7 Å². The summed E-state index contributed by atoms with van der Waals surface area (Å²) in [6.45, 7) is 0.334. The molecule has 4 aromatic rings. The molecule has 0 saturated carbocycles. The molecular weight excluding hydrogens is 421 g/mol. The molecule has 2 amide bonds. The van der Waals surface area contributed by atoms with E-state index in [0.717, 1.165) is 5.39 Å². The molecule has 4 rings (SSSR count). The summed E-state index contributed by atoms with van der Waals surface area (Å²) in [5, 5.41) is 6.60. The van der Waals surface area contributed by atoms with Crippen LogP contribution in [0.15, 0.2) is 59.1 Å². The lowest BCUT2D eigenvalue weighted by atomic mass is 10.1. The number of fused-ring (bicyclic) bond motifs is 1. The zero-order valence-corrected chi connectivity index (χ0v) is 17.3. The van der Waals surface area contributed by atoms with Crippen LogP contribution in [0.25, 0.3) is 21.4 Å². The number of carbonyl (C=O) groups is 2. The number of methoxy groups -OCH3 is 1. The fourth-order valence-corrected chi connectivity index (χ4v) is 3.85. The summed E-state index contributed by atoms with van der Waals surface area (Å²) < 4.78 is 24.3. The Bertz CT molecular complexity index is 1250. The summed E-state index contributed by atoms with van der Waals surface area (Å²) in [6.07, 6.45) is 1.99. The Hall–Kier alpha value is -3.72. The molecule has 0 spiro atoms. The Labute approximate surface area is 180 Å². The number of urea groups is 1. The smallest absolute Gasteiger partial charge is 0.337 e. The zero-order valence-electron chi connectivity index (χ0n) is 16.5. The largest absolute Gasteiger partial charge is 0.465 e. The molecule has 0 fully saturated rings. The Morgan fingerprint density at radius 2 is 2.03 bits per heavy atom. The SMILES string of the molecule is COC(=O)c1ccc2cc(CCNC(=O)Nc3ncc(-c4ccccc4F)s3)oc2c1. The van der Waals surface area contributed by atoms with E-state index in [4.69, 9.17) is 9.15 Å². The van der Waals surface area contributed by atoms with Gasteiger partial charge < -0.3 is 14.5 Å². The minimum atomic E-state index is -0.432. The van der Waals surface area contributed by atoms with Crippen LogP contribution < -0.4 is 10.6 Å². The molecule has 7 nitrogen and oxygen atoms in total. The Morgan fingerprint density at radius 1 is 1.19 bits per heavy atom. The number of hydrogen-bond acceptors (Lipinski definition) is 6. The standard InChI is InChI=1S/C22H18FN3O4S/c1-29-20(27)14-7-6-13-10-15(30-18(13)11-14)8-9-24-21(28)26-22-25-12-19(31-22)16-4-2-3-5-17(16)23/h2-7,10-12H,8-9H2,1H3,(H2,24,25,26,28). The topological polar surface area (TPSA) is 93.5 Å². The van der Waals surface area contributed by atoms with Gasteiger partial charge in [0.05, 0.1) is 17.6 Å². The second-order valence-corrected chi connectivity index (χ2v) is 7.63. The average molecular weight is 439 g/mol. The number of esters is 1. The molecule has 0 aliphatic carbocycles. The number of carbonyl (C=O) groups excluding carboxylic acids is 2. The van der Waals surface area contributed by atoms with Gasteiger partial charge in [-0.3, -0.25) is 5.32 Å². The van der Waals surface area contributed by atoms with Crippen molar-refractivity contribution in [2.45, 2.75) is 6.42 Å². The number of halogens is 1. The molecule has 2 heterocycles. The molecule has 2 aromatic heterocycles. The van der Waals surface area contributed by atoms with E-state index in [1.54, 1.807) is 36.4 Å². The van der Waals surface area contributed by atoms with Crippen molar-refractivity contribution < 1.29 is 23.1 Å². The Morgan fingerprint density at radius 3 is 2.84 bits per heavy atom. The van der Waals surface area contributed by atoms with Crippen molar-refractivity contribution in [2.75, 3.05) is 19.0 Å². The number of nitrogens with one attached hydrogen (secondary N) is 2. The van der Waals surface area contributed by atoms with Gasteiger partial charge in [-0.25, -0.2) is 19.0 Å². The van der Waals surface area contributed by atoms with Crippen LogP contribution in [-0.2, 0) is 11.2 Å². The number of rotatable bonds is 6. The van der Waals surface area contributed by atoms with Crippen molar-refractivity contribution in [2.24, 2.45) is 0 Å². The van der Waals surface area contributed by atoms with Crippen molar-refractivity contribution in [3.05, 3.63) is 71.9 Å². The molecular formula is C22H18FN3O4S. The number of benzene rings is 2. The number of anilines is 1. The Kier molecular flexibility index (Phi) is 5.94. The Balaban J connectivity index is 1.31. The summed E-state index contributed by atoms with van der Waals surface area (Å²) >= 11 is 1.19. The fourth-order valence-electron chi connectivity index (χ4n) is 3.01. The maximum atomic E-state index is 13.9. The van der Waals surface area contributed by atoms with Gasteiger partial charge in [0.2, 0.25) is 0 Å². The maximum absolute atomic E-state index is 13.9. The van der Waals surface area contributed by atoms with Crippen LogP contribution in [0, 0.1) is 5.82 Å². The van der Waals surface area contributed by atoms with Crippen molar-refractivity contribution in [1.82, 2.24) is 10.3 Å². The van der Waals surface area contributed by atoms with Crippen molar-refractivity contribution in [3.8, 4) is 10.4 Å². The number of hydrogen-bond donors (Lipinski definition) is 2. The maximum Gasteiger partial charge on any atom is 0.337 e. The molecule has 0 atom stereocenters. The lowest BCUT2D eigenvalue weighted by Crippen LogP contribution is -2.30. The van der Waals surface area contributed by atoms with Gasteiger partial charge >= 0.3 is 12.0 Å². The van der Waals surface area contributed by atoms with Crippen LogP contribution in [0.3, 0.4) is 0 Å². The van der Waals surface area contributed by atoms with Crippen LogP contribution in [0.5, 0.6) is 0 Å². The van der Waals surface area contributed by atoms with E-state index in [9.17, 15) is 14.0 Å². The molecule has 0 unspecified atom stereocenters. The third-order valence-electron chi connectivity index (χ3n) is 4.51. The molecule has 2 aromatic carbocycles. The van der Waals surface area contributed by atoms with Gasteiger partial charge in [0.15, 0.2) is 5.13 Å². The van der Waals surface area contributed by atoms with E-state index < -0.39 is 12.0 Å². The summed E-state index contributed by atoms with van der Waals surface area (Å²) in [5.74, 6) is -0.0985. The third-order valence-corrected chi connectivity index (χ3v) is 5.46. The van der Waals surface area contributed by atoms with Gasteiger partial charge in [-0.05, 0) is 24.3 Å². The highest BCUT2D eigenvalue weighted by Crippen LogP contribution is 2.30. The van der Waals surface area contributed by atoms with E-state index in [0.29, 0.717) is 45.4 Å². The number of thiazole rings is 1. The summed E-state index contributed by atoms with van der Waals surface area (Å²) in [7, 11) is 1.32. The van der Waals surface area contributed by atoms with Gasteiger partial charge in [-0.1, -0.05) is 35.6 Å². The summed E-state index contributed by atoms with van der Waals surface area (Å²) in [4.78, 5) is 28.5. The molecule has 158 valence electrons. The van der Waals surface area contributed by atoms with E-state index in [1.807, 2.05) is 6.07 Å². The lowest BCUT2D eigenvalue weighted by molar-refractivity contribution is 0.0600. The van der Waals surface area contributed by atoms with Crippen LogP contribution in [0.4, 0.5) is 14.3 Å². The van der Waals surface area contributed by atoms with Crippen molar-refractivity contribution >= 4 is 39.4 Å². The molecule has 0 saturated heterocycles. The molecule has 0 aliphatic rings. The highest BCUT2D eigenvalue weighted by atomic mass is 32.1. The van der Waals surface area contributed by atoms with Crippen molar-refractivity contribution in [3.63, 3.8) is 0 Å². The summed E-state index contributed by atoms with van der Waals surface area (Å²) in [5.41, 5.74) is 1.42. The highest BCUT2D eigenvalue weighted by molar-refractivity contribution is 7.19. The van der Waals surface area contributed by atoms with E-state index >= 15 is 0 Å². The molecule has 31 heavy (non-hydrogen) atoms. The average Bonchev–Trinajstić information content (AvgIpc) is 3.39. The van der Waals surface area contributed by atoms with E-state index in [2.05, 4.69) is 15.6 Å². The quantitative estimate of drug-likeness (QED) is 0.419. The second kappa shape index (κ2) is 8.97. The number of furan rings is 1. The fraction of sp³-hybridized carbons (Fsp3) is 0.136. The highest BCUT2D eigenvalue weighted by Gasteiger charge is 2.12. The first-order valence-electron chi connectivity index (χ1n) is 9.40. The molecule has 0 radical (unpaired) electrons. The monoisotopic (exact) mass is 439 g/mol. The third kappa shape index (κ3) is 4.72. The predicted molar refractivity (Wildman–Crippen MR) is 116 cm³/mol. The molecule has 9 heteroatoms. The minimum absolute atomic E-state index is 0.334. The number of amides is 2. The normalized spacial score (nSPS) is 10.8. The van der Waals surface area contributed by atoms with E-state index in [-0.39, 0.29) is 5.82 Å². The van der Waals surface area contributed by atoms with Gasteiger partial charge in [0, 0.05) is 30.1 Å². The zero-order chi connectivity index (χ0) is 21.8. The lowest BCUT2D eigenvalue weighted by Gasteiger charge is -2.04. The summed E-state index contributed by atoms with van der Waals surface area (Å²) in [6, 6.07) is 12.9. The minimum Gasteiger partial charge on any atom is -0.465 e. The first-order valence-corrected chi connectivity index (χ1v) is 10.2. The first-order chi connectivity index (χ1) is 15.0. The van der Waals surface area contributed by atoms with Crippen LogP contribution in [-0.4, -0.2) is 30.6 Å². The second-order valence-electron chi connectivity index (χ2n) is 6.60.